The van der Waals surface area contributed by atoms with Crippen LogP contribution in [0.5, 0.6) is 5.75 Å². The molecule has 1 aromatic heterocycles. The van der Waals surface area contributed by atoms with Gasteiger partial charge in [0.05, 0.1) is 15.8 Å². The summed E-state index contributed by atoms with van der Waals surface area (Å²) in [6.07, 6.45) is -3.47. The molecule has 2 heterocycles. The molecule has 5 rings (SSSR count). The molecule has 1 fully saturated rings. The Balaban J connectivity index is 0.000000566. The van der Waals surface area contributed by atoms with Crippen molar-refractivity contribution in [3.05, 3.63) is 89.2 Å². The highest BCUT2D eigenvalue weighted by Crippen LogP contribution is 2.32. The molecule has 0 unspecified atom stereocenters. The van der Waals surface area contributed by atoms with Crippen molar-refractivity contribution < 1.29 is 41.8 Å². The van der Waals surface area contributed by atoms with Crippen LogP contribution in [0.4, 0.5) is 22.7 Å². The van der Waals surface area contributed by atoms with Crippen LogP contribution >= 0.6 is 11.3 Å². The fourth-order valence-corrected chi connectivity index (χ4v) is 5.21. The average molecular weight is 632 g/mol. The first-order chi connectivity index (χ1) is 20.8. The molecule has 230 valence electrons. The van der Waals surface area contributed by atoms with Crippen molar-refractivity contribution in [3.63, 3.8) is 0 Å². The van der Waals surface area contributed by atoms with Gasteiger partial charge in [-0.3, -0.25) is 10.2 Å². The zero-order valence-corrected chi connectivity index (χ0v) is 23.5. The minimum Gasteiger partial charge on any atom is -0.475 e. The molecular weight excluding hydrogens is 606 g/mol. The Morgan fingerprint density at radius 1 is 1.00 bits per heavy atom. The molecule has 5 N–H and O–H groups in total. The number of benzene rings is 3. The number of rotatable bonds is 6. The van der Waals surface area contributed by atoms with E-state index in [1.165, 1.54) is 23.5 Å². The van der Waals surface area contributed by atoms with E-state index < -0.39 is 23.9 Å². The number of amidine groups is 1. The third kappa shape index (κ3) is 8.06. The number of ether oxygens (including phenoxy) is 1. The second-order valence-corrected chi connectivity index (χ2v) is 10.5. The molecule has 0 aliphatic carbocycles. The van der Waals surface area contributed by atoms with Gasteiger partial charge in [0, 0.05) is 30.3 Å². The SMILES string of the molecule is N=C(N)c1ccc(OC(=O)c2ccc3nc(N4CCC(NC(=O)c5ccccc5)CC4)sc3c2)c(F)c1.O=C(O)C(F)(F)F. The monoisotopic (exact) mass is 631 g/mol. The first-order valence-electron chi connectivity index (χ1n) is 13.0. The molecule has 1 aliphatic rings. The Morgan fingerprint density at radius 2 is 1.64 bits per heavy atom. The molecule has 0 bridgehead atoms. The van der Waals surface area contributed by atoms with Crippen LogP contribution in [0.2, 0.25) is 0 Å². The lowest BCUT2D eigenvalue weighted by Crippen LogP contribution is -2.44. The smallest absolute Gasteiger partial charge is 0.475 e. The van der Waals surface area contributed by atoms with Crippen LogP contribution in [0.3, 0.4) is 0 Å². The van der Waals surface area contributed by atoms with Crippen LogP contribution in [0.15, 0.2) is 66.7 Å². The number of anilines is 1. The number of nitrogen functional groups attached to an aromatic ring is 1. The standard InChI is InChI=1S/C27H24FN5O3S.C2HF3O2/c28-20-14-17(24(29)30)7-9-22(20)36-26(35)18-6-8-21-23(15-18)37-27(32-21)33-12-10-19(11-13-33)31-25(34)16-4-2-1-3-5-16;3-2(4,5)1(6)7/h1-9,14-15,19H,10-13H2,(H3,29,30)(H,31,34);(H,6,7). The Labute approximate surface area is 251 Å². The molecular formula is C29H25F4N5O5S. The first-order valence-corrected chi connectivity index (χ1v) is 13.8. The van der Waals surface area contributed by atoms with Crippen molar-refractivity contribution in [2.45, 2.75) is 25.1 Å². The van der Waals surface area contributed by atoms with E-state index in [1.807, 2.05) is 18.2 Å². The quantitative estimate of drug-likeness (QED) is 0.0764. The summed E-state index contributed by atoms with van der Waals surface area (Å²) < 4.78 is 52.0. The average Bonchev–Trinajstić information content (AvgIpc) is 3.42. The lowest BCUT2D eigenvalue weighted by Gasteiger charge is -2.32. The summed E-state index contributed by atoms with van der Waals surface area (Å²) in [5, 5.41) is 18.5. The number of piperidine rings is 1. The van der Waals surface area contributed by atoms with Gasteiger partial charge in [0.2, 0.25) is 0 Å². The predicted molar refractivity (Wildman–Crippen MR) is 155 cm³/mol. The minimum atomic E-state index is -5.08. The number of halogens is 4. The fourth-order valence-electron chi connectivity index (χ4n) is 4.16. The second kappa shape index (κ2) is 13.5. The number of carboxylic acid groups (broad SMARTS) is 1. The number of alkyl halides is 3. The fraction of sp³-hybridized carbons (Fsp3) is 0.207. The van der Waals surface area contributed by atoms with Gasteiger partial charge in [-0.2, -0.15) is 13.2 Å². The number of hydrogen-bond acceptors (Lipinski definition) is 8. The van der Waals surface area contributed by atoms with Gasteiger partial charge < -0.3 is 25.8 Å². The number of aliphatic carboxylic acids is 1. The maximum absolute atomic E-state index is 14.3. The zero-order valence-electron chi connectivity index (χ0n) is 22.7. The van der Waals surface area contributed by atoms with Gasteiger partial charge in [-0.25, -0.2) is 19.0 Å². The second-order valence-electron chi connectivity index (χ2n) is 9.53. The summed E-state index contributed by atoms with van der Waals surface area (Å²) in [6.45, 7) is 1.51. The molecule has 3 aromatic carbocycles. The number of carboxylic acids is 1. The first kappa shape index (κ1) is 31.9. The van der Waals surface area contributed by atoms with Gasteiger partial charge in [-0.15, -0.1) is 0 Å². The largest absolute Gasteiger partial charge is 0.490 e. The molecule has 0 saturated carbocycles. The minimum absolute atomic E-state index is 0.0619. The van der Waals surface area contributed by atoms with Crippen LogP contribution in [-0.2, 0) is 4.79 Å². The van der Waals surface area contributed by atoms with E-state index in [0.29, 0.717) is 5.56 Å². The van der Waals surface area contributed by atoms with E-state index in [0.717, 1.165) is 47.3 Å². The predicted octanol–water partition coefficient (Wildman–Crippen LogP) is 4.97. The highest BCUT2D eigenvalue weighted by molar-refractivity contribution is 7.22. The van der Waals surface area contributed by atoms with Crippen LogP contribution in [0.25, 0.3) is 10.2 Å². The van der Waals surface area contributed by atoms with Gasteiger partial charge in [0.15, 0.2) is 16.7 Å². The lowest BCUT2D eigenvalue weighted by atomic mass is 10.0. The number of nitrogens with zero attached hydrogens (tertiary/aromatic N) is 2. The number of thiazole rings is 1. The van der Waals surface area contributed by atoms with E-state index in [4.69, 9.17) is 30.8 Å². The number of carbonyl (C=O) groups excluding carboxylic acids is 2. The summed E-state index contributed by atoms with van der Waals surface area (Å²) in [7, 11) is 0. The number of nitrogens with two attached hydrogens (primary N) is 1. The molecule has 0 atom stereocenters. The van der Waals surface area contributed by atoms with Crippen molar-refractivity contribution in [1.82, 2.24) is 10.3 Å². The number of aromatic nitrogens is 1. The highest BCUT2D eigenvalue weighted by Gasteiger charge is 2.38. The van der Waals surface area contributed by atoms with Gasteiger partial charge in [0.25, 0.3) is 5.91 Å². The summed E-state index contributed by atoms with van der Waals surface area (Å²) in [6, 6.07) is 18.1. The zero-order chi connectivity index (χ0) is 32.0. The van der Waals surface area contributed by atoms with Gasteiger partial charge in [-0.1, -0.05) is 29.5 Å². The van der Waals surface area contributed by atoms with E-state index in [2.05, 4.69) is 10.2 Å². The van der Waals surface area contributed by atoms with Crippen LogP contribution in [0, 0.1) is 11.2 Å². The summed E-state index contributed by atoms with van der Waals surface area (Å²) in [5.41, 5.74) is 7.26. The Hall–Kier alpha value is -5.05. The Bertz CT molecular complexity index is 1690. The van der Waals surface area contributed by atoms with Crippen LogP contribution < -0.4 is 20.7 Å². The molecule has 15 heteroatoms. The van der Waals surface area contributed by atoms with Gasteiger partial charge >= 0.3 is 18.1 Å². The van der Waals surface area contributed by atoms with E-state index >= 15 is 0 Å². The molecule has 1 aliphatic heterocycles. The van der Waals surface area contributed by atoms with Gasteiger partial charge in [0.1, 0.15) is 5.84 Å². The number of nitrogens with one attached hydrogen (secondary N) is 2. The third-order valence-corrected chi connectivity index (χ3v) is 7.52. The topological polar surface area (TPSA) is 159 Å². The van der Waals surface area contributed by atoms with Crippen LogP contribution in [-0.4, -0.2) is 59.1 Å². The summed E-state index contributed by atoms with van der Waals surface area (Å²) in [5.74, 6) is -4.79. The molecule has 1 saturated heterocycles. The Morgan fingerprint density at radius 3 is 2.23 bits per heavy atom. The molecule has 4 aromatic rings. The number of amides is 1. The molecule has 44 heavy (non-hydrogen) atoms. The Kier molecular flexibility index (Phi) is 9.78. The van der Waals surface area contributed by atoms with E-state index in [-0.39, 0.29) is 34.7 Å². The number of carbonyl (C=O) groups is 3. The van der Waals surface area contributed by atoms with Crippen LogP contribution in [0.1, 0.15) is 39.1 Å². The molecule has 1 amide bonds. The lowest BCUT2D eigenvalue weighted by molar-refractivity contribution is -0.192. The highest BCUT2D eigenvalue weighted by atomic mass is 32.1. The van der Waals surface area contributed by atoms with Gasteiger partial charge in [-0.05, 0) is 61.4 Å². The van der Waals surface area contributed by atoms with Crippen molar-refractivity contribution in [2.24, 2.45) is 5.73 Å². The van der Waals surface area contributed by atoms with Crippen molar-refractivity contribution in [1.29, 1.82) is 5.41 Å². The summed E-state index contributed by atoms with van der Waals surface area (Å²) >= 11 is 1.47. The molecule has 0 radical (unpaired) electrons. The van der Waals surface area contributed by atoms with Crippen molar-refractivity contribution in [2.75, 3.05) is 18.0 Å². The molecule has 10 nitrogen and oxygen atoms in total. The maximum atomic E-state index is 14.3. The van der Waals surface area contributed by atoms with Crippen molar-refractivity contribution >= 4 is 50.4 Å². The normalized spacial score (nSPS) is 13.5. The maximum Gasteiger partial charge on any atom is 0.490 e. The number of esters is 1. The van der Waals surface area contributed by atoms with E-state index in [1.54, 1.807) is 30.3 Å². The number of hydrogen-bond donors (Lipinski definition) is 4. The van der Waals surface area contributed by atoms with Crippen molar-refractivity contribution in [3.8, 4) is 5.75 Å². The molecule has 0 spiro atoms. The third-order valence-electron chi connectivity index (χ3n) is 6.44. The number of fused-ring (bicyclic) bond motifs is 1. The van der Waals surface area contributed by atoms with E-state index in [9.17, 15) is 27.2 Å². The summed E-state index contributed by atoms with van der Waals surface area (Å²) in [4.78, 5) is 40.9.